The van der Waals surface area contributed by atoms with Gasteiger partial charge in [-0.2, -0.15) is 5.26 Å². The number of fused-ring (bicyclic) bond motifs is 9. The fraction of sp³-hybridized carbons (Fsp3) is 0.0800. The highest BCUT2D eigenvalue weighted by Crippen LogP contribution is 2.37. The summed E-state index contributed by atoms with van der Waals surface area (Å²) in [5.41, 5.74) is 3.08. The second kappa shape index (κ2) is 5.15. The van der Waals surface area contributed by atoms with Crippen LogP contribution in [0.15, 0.2) is 66.9 Å². The van der Waals surface area contributed by atoms with Gasteiger partial charge in [0.1, 0.15) is 11.8 Å². The summed E-state index contributed by atoms with van der Waals surface area (Å²) in [6, 6.07) is 24.1. The van der Waals surface area contributed by atoms with Gasteiger partial charge in [-0.15, -0.1) is 0 Å². The molecule has 0 N–H and O–H groups in total. The molecule has 0 radical (unpaired) electrons. The van der Waals surface area contributed by atoms with Crippen LogP contribution in [-0.2, 0) is 14.1 Å². The van der Waals surface area contributed by atoms with Crippen LogP contribution >= 0.6 is 0 Å². The molecule has 132 valence electrons. The van der Waals surface area contributed by atoms with Crippen LogP contribution in [0.5, 0.6) is 0 Å². The number of aromatic nitrogens is 2. The predicted octanol–water partition coefficient (Wildman–Crippen LogP) is 6.00. The Morgan fingerprint density at radius 2 is 1.18 bits per heavy atom. The van der Waals surface area contributed by atoms with Gasteiger partial charge in [-0.3, -0.25) is 0 Å². The summed E-state index contributed by atoms with van der Waals surface area (Å²) < 4.78 is 4.19. The van der Waals surface area contributed by atoms with E-state index in [9.17, 15) is 5.26 Å². The third-order valence-electron chi connectivity index (χ3n) is 6.13. The van der Waals surface area contributed by atoms with Gasteiger partial charge in [0.25, 0.3) is 0 Å². The Balaban J connectivity index is 1.81. The van der Waals surface area contributed by atoms with E-state index in [1.54, 1.807) is 0 Å². The minimum atomic E-state index is 0.687. The number of aryl methyl sites for hydroxylation is 2. The maximum absolute atomic E-state index is 9.40. The zero-order chi connectivity index (χ0) is 19.0. The molecule has 3 heteroatoms. The van der Waals surface area contributed by atoms with E-state index in [0.29, 0.717) is 5.69 Å². The van der Waals surface area contributed by atoms with Crippen molar-refractivity contribution in [3.8, 4) is 6.07 Å². The Bertz CT molecular complexity index is 1640. The highest BCUT2D eigenvalue weighted by molar-refractivity contribution is 6.24. The Morgan fingerprint density at radius 1 is 0.643 bits per heavy atom. The van der Waals surface area contributed by atoms with Crippen LogP contribution in [0, 0.1) is 11.3 Å². The largest absolute Gasteiger partial charge is 0.350 e. The van der Waals surface area contributed by atoms with Gasteiger partial charge in [0.05, 0.1) is 11.0 Å². The molecule has 2 heterocycles. The molecule has 0 spiro atoms. The standard InChI is InChI=1S/C25H17N3/c1-27-12-11-15-3-5-20-18-8-10-23-21(19(18)7-9-22(20)24(15)27)6-4-16-13-17(14-26)28(2)25(16)23/h3-13H,1-2H3. The lowest BCUT2D eigenvalue weighted by Gasteiger charge is -2.11. The quantitative estimate of drug-likeness (QED) is 0.306. The maximum Gasteiger partial charge on any atom is 0.121 e. The second-order valence-electron chi connectivity index (χ2n) is 7.55. The van der Waals surface area contributed by atoms with E-state index in [-0.39, 0.29) is 0 Å². The van der Waals surface area contributed by atoms with Crippen LogP contribution in [0.1, 0.15) is 5.69 Å². The summed E-state index contributed by atoms with van der Waals surface area (Å²) in [5.74, 6) is 0. The van der Waals surface area contributed by atoms with Crippen molar-refractivity contribution in [3.05, 3.63) is 72.6 Å². The smallest absolute Gasteiger partial charge is 0.121 e. The lowest BCUT2D eigenvalue weighted by molar-refractivity contribution is 0.951. The lowest BCUT2D eigenvalue weighted by Crippen LogP contribution is -1.92. The first-order chi connectivity index (χ1) is 13.7. The van der Waals surface area contributed by atoms with Gasteiger partial charge in [-0.25, -0.2) is 0 Å². The van der Waals surface area contributed by atoms with Gasteiger partial charge < -0.3 is 9.13 Å². The summed E-state index contributed by atoms with van der Waals surface area (Å²) in [4.78, 5) is 0. The van der Waals surface area contributed by atoms with Crippen molar-refractivity contribution in [1.29, 1.82) is 5.26 Å². The molecule has 0 aliphatic heterocycles. The fourth-order valence-electron chi connectivity index (χ4n) is 4.80. The van der Waals surface area contributed by atoms with E-state index < -0.39 is 0 Å². The molecule has 0 saturated carbocycles. The van der Waals surface area contributed by atoms with Crippen molar-refractivity contribution in [3.63, 3.8) is 0 Å². The lowest BCUT2D eigenvalue weighted by atomic mass is 9.95. The van der Waals surface area contributed by atoms with E-state index in [2.05, 4.69) is 78.5 Å². The van der Waals surface area contributed by atoms with Gasteiger partial charge in [0.15, 0.2) is 0 Å². The molecule has 3 nitrogen and oxygen atoms in total. The highest BCUT2D eigenvalue weighted by atomic mass is 14.9. The van der Waals surface area contributed by atoms with E-state index >= 15 is 0 Å². The van der Waals surface area contributed by atoms with Gasteiger partial charge in [-0.05, 0) is 33.7 Å². The zero-order valence-corrected chi connectivity index (χ0v) is 15.7. The summed E-state index contributed by atoms with van der Waals surface area (Å²) in [6.45, 7) is 0. The van der Waals surface area contributed by atoms with Crippen LogP contribution in [0.2, 0.25) is 0 Å². The molecule has 0 aliphatic rings. The summed E-state index contributed by atoms with van der Waals surface area (Å²) >= 11 is 0. The molecule has 6 aromatic rings. The minimum absolute atomic E-state index is 0.687. The molecule has 0 aliphatic carbocycles. The Kier molecular flexibility index (Phi) is 2.81. The van der Waals surface area contributed by atoms with Crippen molar-refractivity contribution in [2.24, 2.45) is 14.1 Å². The first-order valence-corrected chi connectivity index (χ1v) is 9.39. The Labute approximate surface area is 161 Å². The number of benzene rings is 4. The van der Waals surface area contributed by atoms with Crippen LogP contribution in [-0.4, -0.2) is 9.13 Å². The molecular weight excluding hydrogens is 342 g/mol. The number of hydrogen-bond donors (Lipinski definition) is 0. The van der Waals surface area contributed by atoms with Crippen molar-refractivity contribution >= 4 is 54.1 Å². The van der Waals surface area contributed by atoms with Gasteiger partial charge in [0, 0.05) is 41.8 Å². The third-order valence-corrected chi connectivity index (χ3v) is 6.13. The molecule has 28 heavy (non-hydrogen) atoms. The van der Waals surface area contributed by atoms with Crippen LogP contribution in [0.3, 0.4) is 0 Å². The van der Waals surface area contributed by atoms with Crippen molar-refractivity contribution in [2.45, 2.75) is 0 Å². The predicted molar refractivity (Wildman–Crippen MR) is 117 cm³/mol. The topological polar surface area (TPSA) is 33.6 Å². The molecule has 0 saturated heterocycles. The van der Waals surface area contributed by atoms with E-state index in [4.69, 9.17) is 0 Å². The first-order valence-electron chi connectivity index (χ1n) is 9.39. The molecule has 0 fully saturated rings. The average molecular weight is 359 g/mol. The second-order valence-corrected chi connectivity index (χ2v) is 7.55. The molecular formula is C25H17N3. The van der Waals surface area contributed by atoms with Crippen molar-refractivity contribution < 1.29 is 0 Å². The molecule has 6 rings (SSSR count). The first kappa shape index (κ1) is 15.3. The fourth-order valence-corrected chi connectivity index (χ4v) is 4.80. The zero-order valence-electron chi connectivity index (χ0n) is 15.7. The van der Waals surface area contributed by atoms with E-state index in [0.717, 1.165) is 10.9 Å². The van der Waals surface area contributed by atoms with Crippen LogP contribution in [0.4, 0.5) is 0 Å². The maximum atomic E-state index is 9.40. The molecule has 4 aromatic carbocycles. The van der Waals surface area contributed by atoms with Gasteiger partial charge >= 0.3 is 0 Å². The monoisotopic (exact) mass is 359 g/mol. The Morgan fingerprint density at radius 3 is 1.86 bits per heavy atom. The normalized spacial score (nSPS) is 11.9. The molecule has 0 unspecified atom stereocenters. The molecule has 0 bridgehead atoms. The SMILES string of the molecule is Cn1ccc2ccc3c4ccc5c(ccc6cc(C#N)n(C)c65)c4ccc3c21. The number of rotatable bonds is 0. The van der Waals surface area contributed by atoms with E-state index in [1.165, 1.54) is 43.2 Å². The molecule has 2 aromatic heterocycles. The number of nitrogens with zero attached hydrogens (tertiary/aromatic N) is 3. The van der Waals surface area contributed by atoms with Gasteiger partial charge in [0.2, 0.25) is 0 Å². The average Bonchev–Trinajstić information content (AvgIpc) is 3.27. The van der Waals surface area contributed by atoms with Crippen molar-refractivity contribution in [2.75, 3.05) is 0 Å². The Hall–Kier alpha value is -3.77. The number of nitriles is 1. The number of hydrogen-bond acceptors (Lipinski definition) is 1. The summed E-state index contributed by atoms with van der Waals surface area (Å²) in [6.07, 6.45) is 2.12. The van der Waals surface area contributed by atoms with Crippen molar-refractivity contribution in [1.82, 2.24) is 9.13 Å². The third kappa shape index (κ3) is 1.77. The molecule has 0 atom stereocenters. The van der Waals surface area contributed by atoms with Crippen LogP contribution < -0.4 is 0 Å². The summed E-state index contributed by atoms with van der Waals surface area (Å²) in [7, 11) is 4.07. The minimum Gasteiger partial charge on any atom is -0.350 e. The summed E-state index contributed by atoms with van der Waals surface area (Å²) in [5, 5.41) is 19.3. The van der Waals surface area contributed by atoms with Crippen LogP contribution in [0.25, 0.3) is 54.1 Å². The highest BCUT2D eigenvalue weighted by Gasteiger charge is 2.13. The van der Waals surface area contributed by atoms with Gasteiger partial charge in [-0.1, -0.05) is 48.5 Å². The molecule has 0 amide bonds. The van der Waals surface area contributed by atoms with E-state index in [1.807, 2.05) is 17.7 Å².